The van der Waals surface area contributed by atoms with Gasteiger partial charge in [0, 0.05) is 5.69 Å². The maximum absolute atomic E-state index is 11.9. The third-order valence-electron chi connectivity index (χ3n) is 3.38. The predicted octanol–water partition coefficient (Wildman–Crippen LogP) is 4.09. The molecule has 0 spiro atoms. The molecule has 2 rings (SSSR count). The van der Waals surface area contributed by atoms with Crippen LogP contribution < -0.4 is 20.2 Å². The van der Waals surface area contributed by atoms with E-state index < -0.39 is 18.2 Å². The van der Waals surface area contributed by atoms with Crippen molar-refractivity contribution in [2.45, 2.75) is 6.42 Å². The highest BCUT2D eigenvalue weighted by atomic mass is 127. The quantitative estimate of drug-likeness (QED) is 0.242. The first-order chi connectivity index (χ1) is 13.3. The van der Waals surface area contributed by atoms with Crippen LogP contribution in [0.4, 0.5) is 5.69 Å². The Balaban J connectivity index is 1.92. The van der Waals surface area contributed by atoms with E-state index in [9.17, 15) is 9.59 Å². The molecule has 148 valence electrons. The summed E-state index contributed by atoms with van der Waals surface area (Å²) in [5.74, 6) is 0.0853. The van der Waals surface area contributed by atoms with Crippen molar-refractivity contribution in [2.24, 2.45) is 5.10 Å². The standard InChI is InChI=1S/C18H16Cl2IN3O4/c1-27-15-6-10(5-14(21)18(15)28-2)9-22-24-17(26)8-16(25)23-11-3-4-12(19)13(20)7-11/h3-7,9H,8H2,1-2H3,(H,23,25)(H,24,26). The molecule has 0 aliphatic heterocycles. The van der Waals surface area contributed by atoms with E-state index in [1.165, 1.54) is 19.4 Å². The van der Waals surface area contributed by atoms with Gasteiger partial charge in [0.1, 0.15) is 6.42 Å². The molecule has 0 fully saturated rings. The van der Waals surface area contributed by atoms with Crippen LogP contribution in [0.1, 0.15) is 12.0 Å². The lowest BCUT2D eigenvalue weighted by Gasteiger charge is -2.10. The number of carbonyl (C=O) groups excluding carboxylic acids is 2. The molecule has 0 bridgehead atoms. The molecule has 2 amide bonds. The Morgan fingerprint density at radius 2 is 1.86 bits per heavy atom. The van der Waals surface area contributed by atoms with E-state index in [-0.39, 0.29) is 0 Å². The first-order valence-corrected chi connectivity index (χ1v) is 9.65. The fraction of sp³-hybridized carbons (Fsp3) is 0.167. The van der Waals surface area contributed by atoms with Crippen molar-refractivity contribution in [3.8, 4) is 11.5 Å². The first kappa shape index (κ1) is 22.3. The molecule has 0 aliphatic rings. The number of hydrogen-bond donors (Lipinski definition) is 2. The summed E-state index contributed by atoms with van der Waals surface area (Å²) in [5, 5.41) is 7.09. The average Bonchev–Trinajstić information content (AvgIpc) is 2.64. The lowest BCUT2D eigenvalue weighted by Crippen LogP contribution is -2.24. The SMILES string of the molecule is COc1cc(C=NNC(=O)CC(=O)Nc2ccc(Cl)c(Cl)c2)cc(I)c1OC. The van der Waals surface area contributed by atoms with Gasteiger partial charge < -0.3 is 14.8 Å². The molecule has 0 saturated carbocycles. The minimum atomic E-state index is -0.566. The Labute approximate surface area is 185 Å². The molecule has 0 saturated heterocycles. The van der Waals surface area contributed by atoms with E-state index in [2.05, 4.69) is 38.4 Å². The number of hydrogen-bond acceptors (Lipinski definition) is 5. The topological polar surface area (TPSA) is 89.0 Å². The minimum Gasteiger partial charge on any atom is -0.493 e. The summed E-state index contributed by atoms with van der Waals surface area (Å²) in [4.78, 5) is 23.8. The molecular weight excluding hydrogens is 520 g/mol. The molecule has 10 heteroatoms. The van der Waals surface area contributed by atoms with Gasteiger partial charge in [0.05, 0.1) is 34.0 Å². The molecule has 2 aromatic rings. The summed E-state index contributed by atoms with van der Waals surface area (Å²) < 4.78 is 11.4. The number of ether oxygens (including phenoxy) is 2. The zero-order chi connectivity index (χ0) is 20.7. The highest BCUT2D eigenvalue weighted by Crippen LogP contribution is 2.33. The van der Waals surface area contributed by atoms with Crippen molar-refractivity contribution in [2.75, 3.05) is 19.5 Å². The predicted molar refractivity (Wildman–Crippen MR) is 118 cm³/mol. The smallest absolute Gasteiger partial charge is 0.249 e. The van der Waals surface area contributed by atoms with E-state index in [1.54, 1.807) is 25.3 Å². The lowest BCUT2D eigenvalue weighted by molar-refractivity contribution is -0.126. The van der Waals surface area contributed by atoms with Crippen LogP contribution >= 0.6 is 45.8 Å². The second-order valence-electron chi connectivity index (χ2n) is 5.39. The van der Waals surface area contributed by atoms with Crippen molar-refractivity contribution < 1.29 is 19.1 Å². The van der Waals surface area contributed by atoms with Crippen molar-refractivity contribution in [1.82, 2.24) is 5.43 Å². The van der Waals surface area contributed by atoms with Gasteiger partial charge in [0.25, 0.3) is 0 Å². The normalized spacial score (nSPS) is 10.6. The number of rotatable bonds is 7. The van der Waals surface area contributed by atoms with E-state index >= 15 is 0 Å². The third kappa shape index (κ3) is 6.25. The van der Waals surface area contributed by atoms with Crippen molar-refractivity contribution in [3.05, 3.63) is 49.5 Å². The number of amides is 2. The largest absolute Gasteiger partial charge is 0.493 e. The fourth-order valence-corrected chi connectivity index (χ4v) is 3.30. The Hall–Kier alpha value is -2.04. The van der Waals surface area contributed by atoms with Gasteiger partial charge in [0.15, 0.2) is 11.5 Å². The van der Waals surface area contributed by atoms with Gasteiger partial charge in [-0.25, -0.2) is 5.43 Å². The Morgan fingerprint density at radius 3 is 2.50 bits per heavy atom. The summed E-state index contributed by atoms with van der Waals surface area (Å²) in [5.41, 5.74) is 3.44. The number of carbonyl (C=O) groups is 2. The van der Waals surface area contributed by atoms with Crippen LogP contribution in [0.25, 0.3) is 0 Å². The van der Waals surface area contributed by atoms with E-state index in [4.69, 9.17) is 32.7 Å². The van der Waals surface area contributed by atoms with E-state index in [1.807, 2.05) is 6.07 Å². The first-order valence-electron chi connectivity index (χ1n) is 7.82. The van der Waals surface area contributed by atoms with Gasteiger partial charge in [0.2, 0.25) is 11.8 Å². The molecular formula is C18H16Cl2IN3O4. The van der Waals surface area contributed by atoms with Crippen LogP contribution in [0.2, 0.25) is 10.0 Å². The van der Waals surface area contributed by atoms with Gasteiger partial charge in [-0.1, -0.05) is 23.2 Å². The second-order valence-corrected chi connectivity index (χ2v) is 7.36. The summed E-state index contributed by atoms with van der Waals surface area (Å²) in [6.45, 7) is 0. The van der Waals surface area contributed by atoms with E-state index in [0.717, 1.165) is 3.57 Å². The molecule has 2 aromatic carbocycles. The number of nitrogens with zero attached hydrogens (tertiary/aromatic N) is 1. The molecule has 0 aliphatic carbocycles. The van der Waals surface area contributed by atoms with Crippen molar-refractivity contribution in [3.63, 3.8) is 0 Å². The highest BCUT2D eigenvalue weighted by Gasteiger charge is 2.11. The number of benzene rings is 2. The summed E-state index contributed by atoms with van der Waals surface area (Å²) >= 11 is 13.8. The molecule has 0 radical (unpaired) electrons. The maximum atomic E-state index is 11.9. The number of halogens is 3. The zero-order valence-corrected chi connectivity index (χ0v) is 18.6. The van der Waals surface area contributed by atoms with Gasteiger partial charge in [-0.05, 0) is 58.5 Å². The molecule has 0 unspecified atom stereocenters. The molecule has 28 heavy (non-hydrogen) atoms. The molecule has 0 heterocycles. The average molecular weight is 536 g/mol. The number of methoxy groups -OCH3 is 2. The monoisotopic (exact) mass is 535 g/mol. The summed E-state index contributed by atoms with van der Waals surface area (Å²) in [6.07, 6.45) is 1.04. The summed E-state index contributed by atoms with van der Waals surface area (Å²) in [6, 6.07) is 8.16. The minimum absolute atomic E-state index is 0.304. The highest BCUT2D eigenvalue weighted by molar-refractivity contribution is 14.1. The van der Waals surface area contributed by atoms with Crippen LogP contribution in [-0.4, -0.2) is 32.2 Å². The Morgan fingerprint density at radius 1 is 1.11 bits per heavy atom. The molecule has 0 aromatic heterocycles. The second kappa shape index (κ2) is 10.5. The number of hydrazone groups is 1. The fourth-order valence-electron chi connectivity index (χ4n) is 2.16. The van der Waals surface area contributed by atoms with Crippen LogP contribution in [0.5, 0.6) is 11.5 Å². The van der Waals surface area contributed by atoms with Crippen LogP contribution in [0.15, 0.2) is 35.4 Å². The van der Waals surface area contributed by atoms with Crippen LogP contribution in [0, 0.1) is 3.57 Å². The summed E-state index contributed by atoms with van der Waals surface area (Å²) in [7, 11) is 3.08. The molecule has 2 N–H and O–H groups in total. The molecule has 0 atom stereocenters. The Kier molecular flexibility index (Phi) is 8.34. The van der Waals surface area contributed by atoms with Gasteiger partial charge in [-0.3, -0.25) is 9.59 Å². The maximum Gasteiger partial charge on any atom is 0.249 e. The van der Waals surface area contributed by atoms with Gasteiger partial charge >= 0.3 is 0 Å². The van der Waals surface area contributed by atoms with Crippen molar-refractivity contribution in [1.29, 1.82) is 0 Å². The lowest BCUT2D eigenvalue weighted by atomic mass is 10.2. The number of anilines is 1. The van der Waals surface area contributed by atoms with Crippen LogP contribution in [-0.2, 0) is 9.59 Å². The third-order valence-corrected chi connectivity index (χ3v) is 4.92. The Bertz CT molecular complexity index is 922. The number of nitrogens with one attached hydrogen (secondary N) is 2. The van der Waals surface area contributed by atoms with Gasteiger partial charge in [-0.15, -0.1) is 0 Å². The molecule has 7 nitrogen and oxygen atoms in total. The van der Waals surface area contributed by atoms with Crippen LogP contribution in [0.3, 0.4) is 0 Å². The van der Waals surface area contributed by atoms with Crippen molar-refractivity contribution >= 4 is 69.5 Å². The zero-order valence-electron chi connectivity index (χ0n) is 14.9. The van der Waals surface area contributed by atoms with E-state index in [0.29, 0.717) is 32.8 Å². The van der Waals surface area contributed by atoms with Gasteiger partial charge in [-0.2, -0.15) is 5.10 Å².